The SMILES string of the molecule is CN1CCc2c(sc(NC(=O)C3CC(=O)N(c4ccccc4)C3)c2C(N)=O)C1.Cl. The van der Waals surface area contributed by atoms with Gasteiger partial charge in [-0.3, -0.25) is 14.4 Å². The fourth-order valence-corrected chi connectivity index (χ4v) is 5.17. The summed E-state index contributed by atoms with van der Waals surface area (Å²) in [6, 6.07) is 9.32. The summed E-state index contributed by atoms with van der Waals surface area (Å²) in [5.41, 5.74) is 7.76. The van der Waals surface area contributed by atoms with Gasteiger partial charge in [-0.25, -0.2) is 0 Å². The number of para-hydroxylation sites is 1. The average molecular weight is 435 g/mol. The maximum absolute atomic E-state index is 12.8. The average Bonchev–Trinajstić information content (AvgIpc) is 3.22. The summed E-state index contributed by atoms with van der Waals surface area (Å²) in [7, 11) is 2.02. The molecule has 0 aliphatic carbocycles. The van der Waals surface area contributed by atoms with Crippen molar-refractivity contribution >= 4 is 52.2 Å². The Morgan fingerprint density at radius 2 is 1.97 bits per heavy atom. The summed E-state index contributed by atoms with van der Waals surface area (Å²) in [5, 5.41) is 3.38. The molecule has 1 unspecified atom stereocenters. The fraction of sp³-hybridized carbons (Fsp3) is 0.350. The van der Waals surface area contributed by atoms with Crippen LogP contribution in [0.5, 0.6) is 0 Å². The number of likely N-dealkylation sites (N-methyl/N-ethyl adjacent to an activating group) is 1. The van der Waals surface area contributed by atoms with E-state index in [0.717, 1.165) is 35.6 Å². The highest BCUT2D eigenvalue weighted by Crippen LogP contribution is 2.37. The van der Waals surface area contributed by atoms with Crippen LogP contribution >= 0.6 is 23.7 Å². The predicted octanol–water partition coefficient (Wildman–Crippen LogP) is 2.25. The standard InChI is InChI=1S/C20H22N4O3S.ClH/c1-23-8-7-14-15(11-23)28-20(17(14)18(21)26)22-19(27)12-9-16(25)24(10-12)13-5-3-2-4-6-13;/h2-6,12H,7-11H2,1H3,(H2,21,26)(H,22,27);1H. The molecule has 7 nitrogen and oxygen atoms in total. The quantitative estimate of drug-likeness (QED) is 0.771. The molecule has 0 saturated carbocycles. The van der Waals surface area contributed by atoms with Crippen molar-refractivity contribution in [3.63, 3.8) is 0 Å². The number of amides is 3. The van der Waals surface area contributed by atoms with E-state index in [-0.39, 0.29) is 30.6 Å². The lowest BCUT2D eigenvalue weighted by atomic mass is 10.0. The molecular weight excluding hydrogens is 412 g/mol. The predicted molar refractivity (Wildman–Crippen MR) is 116 cm³/mol. The summed E-state index contributed by atoms with van der Waals surface area (Å²) in [6.07, 6.45) is 0.890. The Morgan fingerprint density at radius 1 is 1.24 bits per heavy atom. The zero-order valence-electron chi connectivity index (χ0n) is 16.0. The molecule has 1 fully saturated rings. The van der Waals surface area contributed by atoms with E-state index in [4.69, 9.17) is 5.73 Å². The van der Waals surface area contributed by atoms with Crippen molar-refractivity contribution in [1.29, 1.82) is 0 Å². The summed E-state index contributed by atoms with van der Waals surface area (Å²) < 4.78 is 0. The molecule has 1 aromatic carbocycles. The van der Waals surface area contributed by atoms with Crippen LogP contribution in [-0.4, -0.2) is 42.8 Å². The molecule has 0 bridgehead atoms. The number of halogens is 1. The Hall–Kier alpha value is -2.42. The van der Waals surface area contributed by atoms with E-state index in [9.17, 15) is 14.4 Å². The van der Waals surface area contributed by atoms with E-state index in [2.05, 4.69) is 10.2 Å². The van der Waals surface area contributed by atoms with Crippen LogP contribution in [0.15, 0.2) is 30.3 Å². The molecule has 9 heteroatoms. The van der Waals surface area contributed by atoms with Crippen molar-refractivity contribution in [3.05, 3.63) is 46.3 Å². The van der Waals surface area contributed by atoms with Crippen LogP contribution < -0.4 is 16.0 Å². The van der Waals surface area contributed by atoms with Crippen molar-refractivity contribution in [2.24, 2.45) is 11.7 Å². The van der Waals surface area contributed by atoms with E-state index < -0.39 is 11.8 Å². The van der Waals surface area contributed by atoms with Gasteiger partial charge in [-0.05, 0) is 31.2 Å². The van der Waals surface area contributed by atoms with Crippen LogP contribution in [0.4, 0.5) is 10.7 Å². The van der Waals surface area contributed by atoms with Crippen molar-refractivity contribution < 1.29 is 14.4 Å². The highest BCUT2D eigenvalue weighted by Gasteiger charge is 2.36. The lowest BCUT2D eigenvalue weighted by Crippen LogP contribution is -2.29. The molecule has 0 spiro atoms. The number of primary amides is 1. The van der Waals surface area contributed by atoms with Gasteiger partial charge in [-0.1, -0.05) is 18.2 Å². The summed E-state index contributed by atoms with van der Waals surface area (Å²) in [4.78, 5) is 42.1. The summed E-state index contributed by atoms with van der Waals surface area (Å²) in [6.45, 7) is 1.91. The lowest BCUT2D eigenvalue weighted by molar-refractivity contribution is -0.122. The van der Waals surface area contributed by atoms with Crippen molar-refractivity contribution in [2.45, 2.75) is 19.4 Å². The number of carbonyl (C=O) groups excluding carboxylic acids is 3. The van der Waals surface area contributed by atoms with E-state index in [1.165, 1.54) is 11.3 Å². The highest BCUT2D eigenvalue weighted by atomic mass is 35.5. The molecule has 29 heavy (non-hydrogen) atoms. The third kappa shape index (κ3) is 4.14. The van der Waals surface area contributed by atoms with Crippen molar-refractivity contribution in [1.82, 2.24) is 4.90 Å². The first kappa shape index (κ1) is 21.3. The number of rotatable bonds is 4. The zero-order chi connectivity index (χ0) is 19.8. The number of hydrogen-bond donors (Lipinski definition) is 2. The van der Waals surface area contributed by atoms with Crippen LogP contribution in [0.2, 0.25) is 0 Å². The molecule has 2 aromatic rings. The third-order valence-electron chi connectivity index (χ3n) is 5.29. The van der Waals surface area contributed by atoms with Crippen LogP contribution in [0.25, 0.3) is 0 Å². The molecule has 2 aliphatic heterocycles. The molecular formula is C20H23ClN4O3S. The van der Waals surface area contributed by atoms with Crippen molar-refractivity contribution in [2.75, 3.05) is 30.4 Å². The van der Waals surface area contributed by atoms with Gasteiger partial charge in [0.05, 0.1) is 11.5 Å². The van der Waals surface area contributed by atoms with Gasteiger partial charge in [0.15, 0.2) is 0 Å². The van der Waals surface area contributed by atoms with Crippen LogP contribution in [0.1, 0.15) is 27.2 Å². The number of carbonyl (C=O) groups is 3. The first-order valence-electron chi connectivity index (χ1n) is 9.23. The number of hydrogen-bond acceptors (Lipinski definition) is 5. The highest BCUT2D eigenvalue weighted by molar-refractivity contribution is 7.17. The van der Waals surface area contributed by atoms with Gasteiger partial charge in [-0.2, -0.15) is 0 Å². The molecule has 0 radical (unpaired) electrons. The first-order chi connectivity index (χ1) is 13.4. The van der Waals surface area contributed by atoms with Gasteiger partial charge in [0, 0.05) is 36.6 Å². The summed E-state index contributed by atoms with van der Waals surface area (Å²) >= 11 is 1.41. The zero-order valence-corrected chi connectivity index (χ0v) is 17.6. The largest absolute Gasteiger partial charge is 0.365 e. The second-order valence-corrected chi connectivity index (χ2v) is 8.40. The van der Waals surface area contributed by atoms with Gasteiger partial charge in [0.25, 0.3) is 5.91 Å². The Balaban J connectivity index is 0.00000240. The number of nitrogens with two attached hydrogens (primary N) is 1. The second kappa shape index (κ2) is 8.52. The van der Waals surface area contributed by atoms with Gasteiger partial charge >= 0.3 is 0 Å². The van der Waals surface area contributed by atoms with Gasteiger partial charge < -0.3 is 20.9 Å². The number of fused-ring (bicyclic) bond motifs is 1. The van der Waals surface area contributed by atoms with Gasteiger partial charge in [0.1, 0.15) is 5.00 Å². The van der Waals surface area contributed by atoms with E-state index in [0.29, 0.717) is 17.1 Å². The van der Waals surface area contributed by atoms with Crippen LogP contribution in [-0.2, 0) is 22.6 Å². The Bertz CT molecular complexity index is 947. The minimum Gasteiger partial charge on any atom is -0.365 e. The molecule has 1 aromatic heterocycles. The molecule has 3 heterocycles. The maximum Gasteiger partial charge on any atom is 0.251 e. The molecule has 1 saturated heterocycles. The minimum atomic E-state index is -0.522. The fourth-order valence-electron chi connectivity index (χ4n) is 3.83. The minimum absolute atomic E-state index is 0. The second-order valence-electron chi connectivity index (χ2n) is 7.29. The van der Waals surface area contributed by atoms with E-state index in [1.54, 1.807) is 4.90 Å². The van der Waals surface area contributed by atoms with Crippen LogP contribution in [0.3, 0.4) is 0 Å². The molecule has 154 valence electrons. The third-order valence-corrected chi connectivity index (χ3v) is 6.43. The number of benzene rings is 1. The van der Waals surface area contributed by atoms with E-state index in [1.807, 2.05) is 37.4 Å². The number of nitrogens with zero attached hydrogens (tertiary/aromatic N) is 2. The Morgan fingerprint density at radius 3 is 2.66 bits per heavy atom. The molecule has 2 aliphatic rings. The monoisotopic (exact) mass is 434 g/mol. The van der Waals surface area contributed by atoms with E-state index >= 15 is 0 Å². The topological polar surface area (TPSA) is 95.7 Å². The van der Waals surface area contributed by atoms with Gasteiger partial charge in [-0.15, -0.1) is 23.7 Å². The summed E-state index contributed by atoms with van der Waals surface area (Å²) in [5.74, 6) is -1.31. The Kier molecular flexibility index (Phi) is 6.26. The molecule has 1 atom stereocenters. The maximum atomic E-state index is 12.8. The first-order valence-corrected chi connectivity index (χ1v) is 10.0. The molecule has 3 amide bonds. The lowest BCUT2D eigenvalue weighted by Gasteiger charge is -2.22. The van der Waals surface area contributed by atoms with Gasteiger partial charge in [0.2, 0.25) is 11.8 Å². The number of anilines is 2. The molecule has 4 rings (SSSR count). The molecule has 3 N–H and O–H groups in total. The number of thiophene rings is 1. The van der Waals surface area contributed by atoms with Crippen molar-refractivity contribution in [3.8, 4) is 0 Å². The van der Waals surface area contributed by atoms with Crippen LogP contribution in [0, 0.1) is 5.92 Å². The normalized spacial score (nSPS) is 18.9. The number of nitrogens with one attached hydrogen (secondary N) is 1. The smallest absolute Gasteiger partial charge is 0.251 e. The Labute approximate surface area is 179 Å².